The standard InChI is InChI=1S/C15H14Br2OS/c1-8-4-9(2)11(10(3)5-8)6-13(18)12-7-14(16)19-15(12)17/h4-5,7H,6H2,1-3H3. The van der Waals surface area contributed by atoms with Gasteiger partial charge in [-0.3, -0.25) is 4.79 Å². The van der Waals surface area contributed by atoms with Crippen molar-refractivity contribution >= 4 is 49.0 Å². The Morgan fingerprint density at radius 1 is 1.11 bits per heavy atom. The molecule has 0 N–H and O–H groups in total. The average molecular weight is 402 g/mol. The maximum absolute atomic E-state index is 12.4. The lowest BCUT2D eigenvalue weighted by Gasteiger charge is -2.10. The van der Waals surface area contributed by atoms with Crippen molar-refractivity contribution in [3.05, 3.63) is 53.6 Å². The van der Waals surface area contributed by atoms with Crippen molar-refractivity contribution in [2.45, 2.75) is 27.2 Å². The summed E-state index contributed by atoms with van der Waals surface area (Å²) in [7, 11) is 0. The number of carbonyl (C=O) groups excluding carboxylic acids is 1. The van der Waals surface area contributed by atoms with Crippen LogP contribution in [0.1, 0.15) is 32.6 Å². The molecule has 0 unspecified atom stereocenters. The molecule has 1 aromatic heterocycles. The summed E-state index contributed by atoms with van der Waals surface area (Å²) in [6, 6.07) is 6.15. The first-order valence-corrected chi connectivity index (χ1v) is 8.33. The van der Waals surface area contributed by atoms with Crippen molar-refractivity contribution in [1.29, 1.82) is 0 Å². The highest BCUT2D eigenvalue weighted by Gasteiger charge is 2.16. The first-order chi connectivity index (χ1) is 8.88. The number of halogens is 2. The van der Waals surface area contributed by atoms with Crippen molar-refractivity contribution in [3.63, 3.8) is 0 Å². The fraction of sp³-hybridized carbons (Fsp3) is 0.267. The van der Waals surface area contributed by atoms with Gasteiger partial charge in [-0.15, -0.1) is 11.3 Å². The third-order valence-electron chi connectivity index (χ3n) is 3.13. The van der Waals surface area contributed by atoms with Crippen LogP contribution in [0.2, 0.25) is 0 Å². The number of rotatable bonds is 3. The number of hydrogen-bond acceptors (Lipinski definition) is 2. The number of aryl methyl sites for hydroxylation is 3. The van der Waals surface area contributed by atoms with E-state index in [4.69, 9.17) is 0 Å². The zero-order valence-electron chi connectivity index (χ0n) is 11.0. The van der Waals surface area contributed by atoms with E-state index in [-0.39, 0.29) is 5.78 Å². The minimum atomic E-state index is 0.156. The Morgan fingerprint density at radius 3 is 2.16 bits per heavy atom. The van der Waals surface area contributed by atoms with E-state index in [1.165, 1.54) is 28.0 Å². The highest BCUT2D eigenvalue weighted by molar-refractivity contribution is 9.12. The number of benzene rings is 1. The zero-order valence-corrected chi connectivity index (χ0v) is 15.0. The lowest BCUT2D eigenvalue weighted by molar-refractivity contribution is 0.0992. The van der Waals surface area contributed by atoms with Crippen molar-refractivity contribution in [3.8, 4) is 0 Å². The lowest BCUT2D eigenvalue weighted by atomic mass is 9.94. The second-order valence-corrected chi connectivity index (χ2v) is 8.46. The van der Waals surface area contributed by atoms with Crippen LogP contribution in [-0.2, 0) is 6.42 Å². The van der Waals surface area contributed by atoms with E-state index in [0.717, 1.165) is 18.7 Å². The van der Waals surface area contributed by atoms with Gasteiger partial charge in [0.2, 0.25) is 0 Å². The molecule has 0 aliphatic heterocycles. The van der Waals surface area contributed by atoms with Crippen LogP contribution in [0.3, 0.4) is 0 Å². The molecule has 0 spiro atoms. The summed E-state index contributed by atoms with van der Waals surface area (Å²) in [5, 5.41) is 0. The first-order valence-electron chi connectivity index (χ1n) is 5.93. The van der Waals surface area contributed by atoms with Crippen LogP contribution in [0.15, 0.2) is 25.8 Å². The largest absolute Gasteiger partial charge is 0.294 e. The second-order valence-electron chi connectivity index (χ2n) is 4.72. The molecule has 0 fully saturated rings. The van der Waals surface area contributed by atoms with Crippen LogP contribution in [-0.4, -0.2) is 5.78 Å². The van der Waals surface area contributed by atoms with Gasteiger partial charge in [-0.1, -0.05) is 17.7 Å². The average Bonchev–Trinajstić information content (AvgIpc) is 2.62. The molecule has 100 valence electrons. The van der Waals surface area contributed by atoms with Gasteiger partial charge in [0, 0.05) is 12.0 Å². The molecule has 0 atom stereocenters. The molecule has 0 saturated heterocycles. The highest BCUT2D eigenvalue weighted by Crippen LogP contribution is 2.33. The third-order valence-corrected chi connectivity index (χ3v) is 5.47. The van der Waals surface area contributed by atoms with Crippen molar-refractivity contribution < 1.29 is 4.79 Å². The predicted octanol–water partition coefficient (Wildman–Crippen LogP) is 5.62. The van der Waals surface area contributed by atoms with Crippen LogP contribution in [0.5, 0.6) is 0 Å². The van der Waals surface area contributed by atoms with Gasteiger partial charge in [0.25, 0.3) is 0 Å². The molecule has 2 aromatic rings. The highest BCUT2D eigenvalue weighted by atomic mass is 79.9. The van der Waals surface area contributed by atoms with Crippen LogP contribution < -0.4 is 0 Å². The normalized spacial score (nSPS) is 10.8. The molecule has 0 amide bonds. The molecule has 1 aromatic carbocycles. The van der Waals surface area contributed by atoms with Gasteiger partial charge in [0.05, 0.1) is 7.57 Å². The summed E-state index contributed by atoms with van der Waals surface area (Å²) < 4.78 is 1.87. The Labute approximate surface area is 134 Å². The van der Waals surface area contributed by atoms with E-state index in [0.29, 0.717) is 6.42 Å². The van der Waals surface area contributed by atoms with Crippen molar-refractivity contribution in [2.75, 3.05) is 0 Å². The number of hydrogen-bond donors (Lipinski definition) is 0. The Kier molecular flexibility index (Phi) is 4.64. The summed E-state index contributed by atoms with van der Waals surface area (Å²) in [6.45, 7) is 6.22. The van der Waals surface area contributed by atoms with E-state index in [2.05, 4.69) is 64.8 Å². The number of ketones is 1. The van der Waals surface area contributed by atoms with Gasteiger partial charge in [0.1, 0.15) is 0 Å². The fourth-order valence-corrected chi connectivity index (χ4v) is 5.13. The molecule has 0 saturated carbocycles. The Hall–Kier alpha value is -0.450. The predicted molar refractivity (Wildman–Crippen MR) is 88.4 cm³/mol. The minimum absolute atomic E-state index is 0.156. The van der Waals surface area contributed by atoms with Crippen molar-refractivity contribution in [2.24, 2.45) is 0 Å². The van der Waals surface area contributed by atoms with Gasteiger partial charge >= 0.3 is 0 Å². The molecule has 19 heavy (non-hydrogen) atoms. The molecule has 1 nitrogen and oxygen atoms in total. The van der Waals surface area contributed by atoms with E-state index >= 15 is 0 Å². The Balaban J connectivity index is 2.32. The van der Waals surface area contributed by atoms with Gasteiger partial charge in [-0.2, -0.15) is 0 Å². The second kappa shape index (κ2) is 5.90. The summed E-state index contributed by atoms with van der Waals surface area (Å²) in [4.78, 5) is 12.4. The SMILES string of the molecule is Cc1cc(C)c(CC(=O)c2cc(Br)sc2Br)c(C)c1. The molecule has 0 bridgehead atoms. The molecule has 0 aliphatic carbocycles. The Bertz CT molecular complexity index is 621. The lowest BCUT2D eigenvalue weighted by Crippen LogP contribution is -2.06. The van der Waals surface area contributed by atoms with E-state index in [1.807, 2.05) is 6.07 Å². The van der Waals surface area contributed by atoms with Crippen LogP contribution >= 0.6 is 43.2 Å². The smallest absolute Gasteiger partial charge is 0.169 e. The monoisotopic (exact) mass is 400 g/mol. The molecule has 0 aliphatic rings. The summed E-state index contributed by atoms with van der Waals surface area (Å²) >= 11 is 8.39. The van der Waals surface area contributed by atoms with Crippen LogP contribution in [0, 0.1) is 20.8 Å². The molecule has 1 heterocycles. The molecule has 2 rings (SSSR count). The molecule has 4 heteroatoms. The van der Waals surface area contributed by atoms with Crippen LogP contribution in [0.4, 0.5) is 0 Å². The Morgan fingerprint density at radius 2 is 1.68 bits per heavy atom. The zero-order chi connectivity index (χ0) is 14.2. The topological polar surface area (TPSA) is 17.1 Å². The van der Waals surface area contributed by atoms with Gasteiger partial charge in [-0.25, -0.2) is 0 Å². The minimum Gasteiger partial charge on any atom is -0.294 e. The van der Waals surface area contributed by atoms with Gasteiger partial charge in [0.15, 0.2) is 5.78 Å². The summed E-state index contributed by atoms with van der Waals surface area (Å²) in [6.07, 6.45) is 0.458. The molecular weight excluding hydrogens is 388 g/mol. The number of Topliss-reactive ketones (excluding diaryl/α,β-unsaturated/α-hetero) is 1. The molecular formula is C15H14Br2OS. The van der Waals surface area contributed by atoms with Crippen LogP contribution in [0.25, 0.3) is 0 Å². The van der Waals surface area contributed by atoms with E-state index in [1.54, 1.807) is 0 Å². The van der Waals surface area contributed by atoms with Crippen molar-refractivity contribution in [1.82, 2.24) is 0 Å². The maximum atomic E-state index is 12.4. The maximum Gasteiger partial charge on any atom is 0.169 e. The van der Waals surface area contributed by atoms with E-state index < -0.39 is 0 Å². The number of thiophene rings is 1. The summed E-state index contributed by atoms with van der Waals surface area (Å²) in [5.41, 5.74) is 5.53. The molecule has 0 radical (unpaired) electrons. The first kappa shape index (κ1) is 14.9. The fourth-order valence-electron chi connectivity index (χ4n) is 2.27. The van der Waals surface area contributed by atoms with E-state index in [9.17, 15) is 4.79 Å². The van der Waals surface area contributed by atoms with Gasteiger partial charge < -0.3 is 0 Å². The quantitative estimate of drug-likeness (QED) is 0.609. The number of carbonyl (C=O) groups is 1. The third kappa shape index (κ3) is 3.36. The summed E-state index contributed by atoms with van der Waals surface area (Å²) in [5.74, 6) is 0.156. The van der Waals surface area contributed by atoms with Gasteiger partial charge in [-0.05, 0) is 75.4 Å².